The molecule has 0 bridgehead atoms. The van der Waals surface area contributed by atoms with Gasteiger partial charge < -0.3 is 4.42 Å². The summed E-state index contributed by atoms with van der Waals surface area (Å²) in [5.74, 6) is 2.31. The third-order valence-electron chi connectivity index (χ3n) is 9.91. The van der Waals surface area contributed by atoms with Crippen molar-refractivity contribution in [1.29, 1.82) is 0 Å². The van der Waals surface area contributed by atoms with Gasteiger partial charge in [0.15, 0.2) is 17.2 Å². The summed E-state index contributed by atoms with van der Waals surface area (Å²) in [5, 5.41) is 2.30. The van der Waals surface area contributed by atoms with E-state index in [4.69, 9.17) is 24.4 Å². The van der Waals surface area contributed by atoms with Gasteiger partial charge in [-0.25, -0.2) is 9.97 Å². The molecular weight excluding hydrogens is 603 g/mol. The number of rotatable bonds is 4. The monoisotopic (exact) mass is 631 g/mol. The molecule has 10 rings (SSSR count). The van der Waals surface area contributed by atoms with Crippen LogP contribution in [0.15, 0.2) is 144 Å². The van der Waals surface area contributed by atoms with Crippen molar-refractivity contribution < 1.29 is 4.42 Å². The van der Waals surface area contributed by atoms with Gasteiger partial charge in [0.1, 0.15) is 5.52 Å². The van der Waals surface area contributed by atoms with Crippen molar-refractivity contribution in [3.63, 3.8) is 0 Å². The van der Waals surface area contributed by atoms with Gasteiger partial charge in [-0.2, -0.15) is 9.97 Å². The number of hydrogen-bond donors (Lipinski definition) is 0. The summed E-state index contributed by atoms with van der Waals surface area (Å²) in [7, 11) is 0. The fraction of sp³-hybridized carbons (Fsp3) is 0.0698. The van der Waals surface area contributed by atoms with Crippen LogP contribution in [0, 0.1) is 0 Å². The third-order valence-corrected chi connectivity index (χ3v) is 9.91. The molecule has 1 aliphatic rings. The molecule has 0 atom stereocenters. The number of aromatic nitrogens is 5. The SMILES string of the molecule is CC1(C)c2ccccc2-c2cc(-c3nc(-c4ccc5oc(-c6ccccc6)nc5c4)nc(-n4c5ccccc5c5ccccc54)n3)ccc21. The maximum Gasteiger partial charge on any atom is 0.238 e. The van der Waals surface area contributed by atoms with Crippen LogP contribution in [0.1, 0.15) is 25.0 Å². The van der Waals surface area contributed by atoms with Crippen molar-refractivity contribution in [3.05, 3.63) is 151 Å². The zero-order valence-electron chi connectivity index (χ0n) is 26.9. The predicted octanol–water partition coefficient (Wildman–Crippen LogP) is 10.4. The van der Waals surface area contributed by atoms with E-state index < -0.39 is 0 Å². The lowest BCUT2D eigenvalue weighted by molar-refractivity contribution is 0.620. The molecule has 6 aromatic carbocycles. The summed E-state index contributed by atoms with van der Waals surface area (Å²) in [6.45, 7) is 4.59. The van der Waals surface area contributed by atoms with Crippen LogP contribution in [0.25, 0.3) is 84.2 Å². The molecule has 6 nitrogen and oxygen atoms in total. The molecule has 49 heavy (non-hydrogen) atoms. The van der Waals surface area contributed by atoms with E-state index in [1.807, 2.05) is 48.5 Å². The molecular formula is C43H29N5O. The highest BCUT2D eigenvalue weighted by Crippen LogP contribution is 2.49. The second-order valence-electron chi connectivity index (χ2n) is 13.2. The number of benzene rings is 6. The van der Waals surface area contributed by atoms with E-state index in [-0.39, 0.29) is 5.41 Å². The number of oxazole rings is 1. The molecule has 0 fully saturated rings. The van der Waals surface area contributed by atoms with Gasteiger partial charge in [0.2, 0.25) is 11.8 Å². The van der Waals surface area contributed by atoms with Gasteiger partial charge in [-0.05, 0) is 70.8 Å². The molecule has 1 aliphatic carbocycles. The van der Waals surface area contributed by atoms with Crippen LogP contribution in [-0.2, 0) is 5.41 Å². The van der Waals surface area contributed by atoms with Gasteiger partial charge in [-0.1, -0.05) is 105 Å². The average molecular weight is 632 g/mol. The van der Waals surface area contributed by atoms with Crippen molar-refractivity contribution in [1.82, 2.24) is 24.5 Å². The van der Waals surface area contributed by atoms with E-state index in [2.05, 4.69) is 109 Å². The minimum atomic E-state index is -0.0888. The number of nitrogens with zero attached hydrogens (tertiary/aromatic N) is 5. The van der Waals surface area contributed by atoms with E-state index in [0.717, 1.165) is 44.0 Å². The summed E-state index contributed by atoms with van der Waals surface area (Å²) >= 11 is 0. The molecule has 0 N–H and O–H groups in total. The van der Waals surface area contributed by atoms with Gasteiger partial charge in [-0.15, -0.1) is 0 Å². The predicted molar refractivity (Wildman–Crippen MR) is 196 cm³/mol. The first-order chi connectivity index (χ1) is 24.0. The Morgan fingerprint density at radius 2 is 1.12 bits per heavy atom. The minimum Gasteiger partial charge on any atom is -0.436 e. The quantitative estimate of drug-likeness (QED) is 0.193. The molecule has 0 saturated heterocycles. The summed E-state index contributed by atoms with van der Waals surface area (Å²) in [6.07, 6.45) is 0. The van der Waals surface area contributed by atoms with Crippen LogP contribution in [-0.4, -0.2) is 24.5 Å². The standard InChI is InChI=1S/C43H29N5O/c1-43(2)33-17-9-6-14-29(33)32-24-27(20-22-34(32)43)39-45-40(28-21-23-38-35(25-28)44-41(49-38)26-12-4-3-5-13-26)47-42(46-39)48-36-18-10-7-15-30(36)31-16-8-11-19-37(31)48/h3-25H,1-2H3. The van der Waals surface area contributed by atoms with Crippen LogP contribution in [0.5, 0.6) is 0 Å². The topological polar surface area (TPSA) is 69.6 Å². The van der Waals surface area contributed by atoms with E-state index in [1.54, 1.807) is 0 Å². The van der Waals surface area contributed by atoms with Crippen LogP contribution in [0.3, 0.4) is 0 Å². The molecule has 3 aromatic heterocycles. The zero-order valence-corrected chi connectivity index (χ0v) is 26.9. The Morgan fingerprint density at radius 3 is 1.88 bits per heavy atom. The first-order valence-corrected chi connectivity index (χ1v) is 16.5. The highest BCUT2D eigenvalue weighted by molar-refractivity contribution is 6.09. The molecule has 0 spiro atoms. The Balaban J connectivity index is 1.20. The molecule has 0 amide bonds. The molecule has 6 heteroatoms. The Hall–Kier alpha value is -6.40. The van der Waals surface area contributed by atoms with Crippen molar-refractivity contribution in [2.24, 2.45) is 0 Å². The smallest absolute Gasteiger partial charge is 0.238 e. The normalized spacial score (nSPS) is 13.3. The van der Waals surface area contributed by atoms with Crippen molar-refractivity contribution in [2.45, 2.75) is 19.3 Å². The van der Waals surface area contributed by atoms with E-state index in [0.29, 0.717) is 29.1 Å². The van der Waals surface area contributed by atoms with Crippen molar-refractivity contribution >= 4 is 32.9 Å². The Labute approximate surface area is 282 Å². The van der Waals surface area contributed by atoms with Gasteiger partial charge in [0.05, 0.1) is 11.0 Å². The first-order valence-electron chi connectivity index (χ1n) is 16.5. The first kappa shape index (κ1) is 27.7. The van der Waals surface area contributed by atoms with Gasteiger partial charge in [0.25, 0.3) is 0 Å². The highest BCUT2D eigenvalue weighted by atomic mass is 16.3. The van der Waals surface area contributed by atoms with Crippen LogP contribution < -0.4 is 0 Å². The fourth-order valence-corrected chi connectivity index (χ4v) is 7.49. The van der Waals surface area contributed by atoms with Gasteiger partial charge in [0, 0.05) is 32.9 Å². The highest BCUT2D eigenvalue weighted by Gasteiger charge is 2.35. The molecule has 232 valence electrons. The van der Waals surface area contributed by atoms with E-state index in [1.165, 1.54) is 22.3 Å². The Kier molecular flexibility index (Phi) is 5.82. The summed E-state index contributed by atoms with van der Waals surface area (Å²) in [6, 6.07) is 48.0. The minimum absolute atomic E-state index is 0.0888. The Bertz CT molecular complexity index is 2700. The maximum absolute atomic E-state index is 6.14. The van der Waals surface area contributed by atoms with E-state index >= 15 is 0 Å². The second-order valence-corrected chi connectivity index (χ2v) is 13.2. The molecule has 0 aliphatic heterocycles. The molecule has 0 radical (unpaired) electrons. The van der Waals surface area contributed by atoms with Crippen LogP contribution in [0.4, 0.5) is 0 Å². The van der Waals surface area contributed by atoms with Gasteiger partial charge in [-0.3, -0.25) is 4.57 Å². The number of para-hydroxylation sites is 2. The lowest BCUT2D eigenvalue weighted by atomic mass is 9.82. The summed E-state index contributed by atoms with van der Waals surface area (Å²) < 4.78 is 8.28. The molecule has 0 unspecified atom stereocenters. The number of hydrogen-bond acceptors (Lipinski definition) is 5. The molecule has 3 heterocycles. The largest absolute Gasteiger partial charge is 0.436 e. The summed E-state index contributed by atoms with van der Waals surface area (Å²) in [4.78, 5) is 20.3. The molecule has 0 saturated carbocycles. The number of fused-ring (bicyclic) bond motifs is 7. The second kappa shape index (κ2) is 10.3. The molecule has 9 aromatic rings. The summed E-state index contributed by atoms with van der Waals surface area (Å²) in [5.41, 5.74) is 11.2. The zero-order chi connectivity index (χ0) is 32.7. The van der Waals surface area contributed by atoms with Crippen LogP contribution in [0.2, 0.25) is 0 Å². The lowest BCUT2D eigenvalue weighted by Gasteiger charge is -2.21. The fourth-order valence-electron chi connectivity index (χ4n) is 7.49. The van der Waals surface area contributed by atoms with Crippen molar-refractivity contribution in [3.8, 4) is 51.3 Å². The maximum atomic E-state index is 6.14. The van der Waals surface area contributed by atoms with Gasteiger partial charge >= 0.3 is 0 Å². The average Bonchev–Trinajstić information content (AvgIpc) is 3.80. The lowest BCUT2D eigenvalue weighted by Crippen LogP contribution is -2.14. The van der Waals surface area contributed by atoms with E-state index in [9.17, 15) is 0 Å². The van der Waals surface area contributed by atoms with Crippen LogP contribution >= 0.6 is 0 Å². The third kappa shape index (κ3) is 4.20. The van der Waals surface area contributed by atoms with Crippen molar-refractivity contribution in [2.75, 3.05) is 0 Å². The Morgan fingerprint density at radius 1 is 0.510 bits per heavy atom.